The minimum Gasteiger partial charge on any atom is -0.316 e. The van der Waals surface area contributed by atoms with Gasteiger partial charge in [0.1, 0.15) is 5.69 Å². The summed E-state index contributed by atoms with van der Waals surface area (Å²) in [5.41, 5.74) is 1.49. The van der Waals surface area contributed by atoms with Crippen LogP contribution in [0.25, 0.3) is 0 Å². The van der Waals surface area contributed by atoms with Crippen LogP contribution in [0.5, 0.6) is 0 Å². The molecule has 0 aliphatic heterocycles. The zero-order valence-electron chi connectivity index (χ0n) is 10.6. The zero-order valence-corrected chi connectivity index (χ0v) is 12.2. The molecule has 1 N–H and O–H groups in total. The number of nitro groups is 1. The normalized spacial score (nSPS) is 10.1. The highest BCUT2D eigenvalue weighted by Gasteiger charge is 2.15. The fourth-order valence-electron chi connectivity index (χ4n) is 1.67. The van der Waals surface area contributed by atoms with Crippen LogP contribution in [0.15, 0.2) is 46.9 Å². The lowest BCUT2D eigenvalue weighted by Gasteiger charge is -2.07. The predicted molar refractivity (Wildman–Crippen MR) is 79.9 cm³/mol. The van der Waals surface area contributed by atoms with E-state index in [0.717, 1.165) is 10.0 Å². The molecule has 6 heteroatoms. The summed E-state index contributed by atoms with van der Waals surface area (Å²) in [6.45, 7) is 1.91. The molecule has 0 aliphatic rings. The standard InChI is InChI=1S/C14H11BrN2O3/c1-9-6-7-10(8-11(9)15)14(18)16-12-4-2-3-5-13(12)17(19)20/h2-8H,1H3,(H,16,18). The van der Waals surface area contributed by atoms with Gasteiger partial charge in [-0.1, -0.05) is 34.1 Å². The van der Waals surface area contributed by atoms with Gasteiger partial charge < -0.3 is 5.32 Å². The van der Waals surface area contributed by atoms with Crippen LogP contribution in [-0.4, -0.2) is 10.8 Å². The fourth-order valence-corrected chi connectivity index (χ4v) is 2.05. The van der Waals surface area contributed by atoms with Crippen molar-refractivity contribution >= 4 is 33.2 Å². The van der Waals surface area contributed by atoms with Gasteiger partial charge in [0.2, 0.25) is 0 Å². The van der Waals surface area contributed by atoms with Gasteiger partial charge in [0.25, 0.3) is 11.6 Å². The number of benzene rings is 2. The first-order valence-corrected chi connectivity index (χ1v) is 6.59. The van der Waals surface area contributed by atoms with Crippen LogP contribution >= 0.6 is 15.9 Å². The van der Waals surface area contributed by atoms with E-state index < -0.39 is 4.92 Å². The van der Waals surface area contributed by atoms with Gasteiger partial charge >= 0.3 is 0 Å². The number of carbonyl (C=O) groups excluding carboxylic acids is 1. The molecule has 2 rings (SSSR count). The van der Waals surface area contributed by atoms with Crippen molar-refractivity contribution in [2.45, 2.75) is 6.92 Å². The van der Waals surface area contributed by atoms with Crippen LogP contribution in [0, 0.1) is 17.0 Å². The third-order valence-electron chi connectivity index (χ3n) is 2.78. The Morgan fingerprint density at radius 2 is 1.95 bits per heavy atom. The fraction of sp³-hybridized carbons (Fsp3) is 0.0714. The number of carbonyl (C=O) groups is 1. The van der Waals surface area contributed by atoms with E-state index >= 15 is 0 Å². The number of nitrogens with zero attached hydrogens (tertiary/aromatic N) is 1. The number of aryl methyl sites for hydroxylation is 1. The Labute approximate surface area is 123 Å². The van der Waals surface area contributed by atoms with Gasteiger partial charge in [0.15, 0.2) is 0 Å². The summed E-state index contributed by atoms with van der Waals surface area (Å²) < 4.78 is 0.813. The molecular formula is C14H11BrN2O3. The van der Waals surface area contributed by atoms with E-state index in [-0.39, 0.29) is 17.3 Å². The molecule has 0 saturated carbocycles. The molecule has 102 valence electrons. The number of para-hydroxylation sites is 2. The van der Waals surface area contributed by atoms with Gasteiger partial charge in [0.05, 0.1) is 4.92 Å². The van der Waals surface area contributed by atoms with Crippen LogP contribution in [0.1, 0.15) is 15.9 Å². The highest BCUT2D eigenvalue weighted by atomic mass is 79.9. The average Bonchev–Trinajstić information content (AvgIpc) is 2.42. The van der Waals surface area contributed by atoms with Crippen LogP contribution in [0.2, 0.25) is 0 Å². The number of rotatable bonds is 3. The third kappa shape index (κ3) is 3.03. The summed E-state index contributed by atoms with van der Waals surface area (Å²) in [6, 6.07) is 11.2. The summed E-state index contributed by atoms with van der Waals surface area (Å²) in [5.74, 6) is -0.389. The van der Waals surface area contributed by atoms with Crippen LogP contribution in [0.3, 0.4) is 0 Å². The largest absolute Gasteiger partial charge is 0.316 e. The van der Waals surface area contributed by atoms with E-state index in [1.807, 2.05) is 6.92 Å². The second kappa shape index (κ2) is 5.83. The SMILES string of the molecule is Cc1ccc(C(=O)Nc2ccccc2[N+](=O)[O-])cc1Br. The Balaban J connectivity index is 2.28. The number of anilines is 1. The van der Waals surface area contributed by atoms with Crippen molar-refractivity contribution < 1.29 is 9.72 Å². The first-order chi connectivity index (χ1) is 9.49. The van der Waals surface area contributed by atoms with Crippen molar-refractivity contribution in [3.05, 3.63) is 68.2 Å². The van der Waals surface area contributed by atoms with Gasteiger partial charge in [-0.2, -0.15) is 0 Å². The molecule has 0 aliphatic carbocycles. The number of hydrogen-bond acceptors (Lipinski definition) is 3. The maximum absolute atomic E-state index is 12.1. The first kappa shape index (κ1) is 14.2. The Kier molecular flexibility index (Phi) is 4.14. The lowest BCUT2D eigenvalue weighted by molar-refractivity contribution is -0.383. The molecular weight excluding hydrogens is 324 g/mol. The summed E-state index contributed by atoms with van der Waals surface area (Å²) >= 11 is 3.35. The number of hydrogen-bond donors (Lipinski definition) is 1. The minimum absolute atomic E-state index is 0.132. The number of nitrogens with one attached hydrogen (secondary N) is 1. The van der Waals surface area contributed by atoms with E-state index in [0.29, 0.717) is 5.56 Å². The summed E-state index contributed by atoms with van der Waals surface area (Å²) in [4.78, 5) is 22.5. The average molecular weight is 335 g/mol. The molecule has 0 saturated heterocycles. The monoisotopic (exact) mass is 334 g/mol. The van der Waals surface area contributed by atoms with E-state index in [1.165, 1.54) is 12.1 Å². The van der Waals surface area contributed by atoms with Crippen LogP contribution < -0.4 is 5.32 Å². The lowest BCUT2D eigenvalue weighted by Crippen LogP contribution is -2.13. The smallest absolute Gasteiger partial charge is 0.292 e. The van der Waals surface area contributed by atoms with Crippen LogP contribution in [0.4, 0.5) is 11.4 Å². The van der Waals surface area contributed by atoms with E-state index in [1.54, 1.807) is 30.3 Å². The molecule has 1 amide bonds. The molecule has 20 heavy (non-hydrogen) atoms. The maximum atomic E-state index is 12.1. The van der Waals surface area contributed by atoms with Gasteiger partial charge in [-0.3, -0.25) is 14.9 Å². The molecule has 5 nitrogen and oxygen atoms in total. The highest BCUT2D eigenvalue weighted by molar-refractivity contribution is 9.10. The lowest BCUT2D eigenvalue weighted by atomic mass is 10.1. The van der Waals surface area contributed by atoms with E-state index in [4.69, 9.17) is 0 Å². The van der Waals surface area contributed by atoms with Crippen molar-refractivity contribution in [1.82, 2.24) is 0 Å². The molecule has 0 atom stereocenters. The summed E-state index contributed by atoms with van der Waals surface area (Å²) in [7, 11) is 0. The molecule has 0 unspecified atom stereocenters. The van der Waals surface area contributed by atoms with Gasteiger partial charge in [-0.15, -0.1) is 0 Å². The van der Waals surface area contributed by atoms with Gasteiger partial charge in [0, 0.05) is 16.1 Å². The van der Waals surface area contributed by atoms with Crippen molar-refractivity contribution in [2.75, 3.05) is 5.32 Å². The zero-order chi connectivity index (χ0) is 14.7. The maximum Gasteiger partial charge on any atom is 0.292 e. The van der Waals surface area contributed by atoms with Crippen LogP contribution in [-0.2, 0) is 0 Å². The minimum atomic E-state index is -0.527. The molecule has 0 fully saturated rings. The molecule has 2 aromatic carbocycles. The highest BCUT2D eigenvalue weighted by Crippen LogP contribution is 2.24. The topological polar surface area (TPSA) is 72.2 Å². The second-order valence-electron chi connectivity index (χ2n) is 4.19. The van der Waals surface area contributed by atoms with E-state index in [9.17, 15) is 14.9 Å². The van der Waals surface area contributed by atoms with Crippen molar-refractivity contribution in [2.24, 2.45) is 0 Å². The Morgan fingerprint density at radius 3 is 2.60 bits per heavy atom. The summed E-state index contributed by atoms with van der Waals surface area (Å²) in [6.07, 6.45) is 0. The molecule has 0 aromatic heterocycles. The number of halogens is 1. The molecule has 2 aromatic rings. The van der Waals surface area contributed by atoms with Gasteiger partial charge in [-0.05, 0) is 30.7 Å². The quantitative estimate of drug-likeness (QED) is 0.683. The van der Waals surface area contributed by atoms with E-state index in [2.05, 4.69) is 21.2 Å². The second-order valence-corrected chi connectivity index (χ2v) is 5.05. The molecule has 0 spiro atoms. The summed E-state index contributed by atoms with van der Waals surface area (Å²) in [5, 5.41) is 13.4. The molecule has 0 radical (unpaired) electrons. The molecule has 0 heterocycles. The van der Waals surface area contributed by atoms with Crippen molar-refractivity contribution in [3.63, 3.8) is 0 Å². The Hall–Kier alpha value is -2.21. The Morgan fingerprint density at radius 1 is 1.25 bits per heavy atom. The number of nitro benzene ring substituents is 1. The van der Waals surface area contributed by atoms with Crippen molar-refractivity contribution in [1.29, 1.82) is 0 Å². The van der Waals surface area contributed by atoms with Gasteiger partial charge in [-0.25, -0.2) is 0 Å². The predicted octanol–water partition coefficient (Wildman–Crippen LogP) is 3.92. The Bertz CT molecular complexity index is 686. The molecule has 0 bridgehead atoms. The van der Waals surface area contributed by atoms with Crippen molar-refractivity contribution in [3.8, 4) is 0 Å². The third-order valence-corrected chi connectivity index (χ3v) is 3.64. The number of amides is 1. The first-order valence-electron chi connectivity index (χ1n) is 5.80.